The molecule has 0 saturated carbocycles. The standard InChI is InChI=1S/C22H17NO3/c1-2-25-22(24)19-20(16-9-4-3-5-10-16)26-21(23-19)18-13-12-15-8-6-7-11-17(15)14-18/h3-14H,2H2,1H3. The summed E-state index contributed by atoms with van der Waals surface area (Å²) in [6.45, 7) is 2.05. The molecule has 26 heavy (non-hydrogen) atoms. The Hall–Kier alpha value is -3.40. The number of rotatable bonds is 4. The Morgan fingerprint density at radius 3 is 2.42 bits per heavy atom. The molecule has 1 aromatic heterocycles. The summed E-state index contributed by atoms with van der Waals surface area (Å²) in [6.07, 6.45) is 0. The van der Waals surface area contributed by atoms with Crippen molar-refractivity contribution in [2.75, 3.05) is 6.61 Å². The number of carbonyl (C=O) groups excluding carboxylic acids is 1. The molecule has 3 aromatic carbocycles. The van der Waals surface area contributed by atoms with Gasteiger partial charge in [0.1, 0.15) is 0 Å². The van der Waals surface area contributed by atoms with Crippen LogP contribution in [0.2, 0.25) is 0 Å². The quantitative estimate of drug-likeness (QED) is 0.469. The number of ether oxygens (including phenoxy) is 1. The Morgan fingerprint density at radius 1 is 0.923 bits per heavy atom. The van der Waals surface area contributed by atoms with Crippen LogP contribution in [0, 0.1) is 0 Å². The third-order valence-electron chi connectivity index (χ3n) is 4.13. The highest BCUT2D eigenvalue weighted by Gasteiger charge is 2.23. The molecule has 0 amide bonds. The first-order chi connectivity index (χ1) is 12.8. The van der Waals surface area contributed by atoms with E-state index in [2.05, 4.69) is 4.98 Å². The van der Waals surface area contributed by atoms with Gasteiger partial charge in [0.2, 0.25) is 5.89 Å². The number of fused-ring (bicyclic) bond motifs is 1. The van der Waals surface area contributed by atoms with Crippen LogP contribution >= 0.6 is 0 Å². The highest BCUT2D eigenvalue weighted by molar-refractivity contribution is 5.95. The summed E-state index contributed by atoms with van der Waals surface area (Å²) in [6, 6.07) is 23.5. The van der Waals surface area contributed by atoms with Gasteiger partial charge in [0, 0.05) is 11.1 Å². The van der Waals surface area contributed by atoms with Gasteiger partial charge in [0.25, 0.3) is 0 Å². The molecular weight excluding hydrogens is 326 g/mol. The molecule has 4 nitrogen and oxygen atoms in total. The Balaban J connectivity index is 1.84. The lowest BCUT2D eigenvalue weighted by Crippen LogP contribution is -2.06. The van der Waals surface area contributed by atoms with E-state index < -0.39 is 5.97 Å². The second-order valence-corrected chi connectivity index (χ2v) is 5.85. The number of aromatic nitrogens is 1. The van der Waals surface area contributed by atoms with Gasteiger partial charge < -0.3 is 9.15 Å². The minimum atomic E-state index is -0.484. The van der Waals surface area contributed by atoms with E-state index in [1.54, 1.807) is 6.92 Å². The van der Waals surface area contributed by atoms with Crippen LogP contribution in [-0.2, 0) is 4.74 Å². The van der Waals surface area contributed by atoms with E-state index in [1.165, 1.54) is 0 Å². The summed E-state index contributed by atoms with van der Waals surface area (Å²) in [5.74, 6) is 0.340. The van der Waals surface area contributed by atoms with Crippen molar-refractivity contribution in [3.05, 3.63) is 78.5 Å². The fraction of sp³-hybridized carbons (Fsp3) is 0.0909. The molecule has 0 radical (unpaired) electrons. The van der Waals surface area contributed by atoms with Crippen molar-refractivity contribution in [3.8, 4) is 22.8 Å². The second-order valence-electron chi connectivity index (χ2n) is 5.85. The molecule has 0 aliphatic carbocycles. The minimum absolute atomic E-state index is 0.196. The highest BCUT2D eigenvalue weighted by atomic mass is 16.5. The van der Waals surface area contributed by atoms with Crippen molar-refractivity contribution in [1.82, 2.24) is 4.98 Å². The number of oxazole rings is 1. The predicted molar refractivity (Wildman–Crippen MR) is 101 cm³/mol. The van der Waals surface area contributed by atoms with Gasteiger partial charge in [-0.05, 0) is 29.8 Å². The molecule has 0 atom stereocenters. The second kappa shape index (κ2) is 6.84. The lowest BCUT2D eigenvalue weighted by molar-refractivity contribution is 0.0520. The van der Waals surface area contributed by atoms with Crippen LogP contribution in [0.25, 0.3) is 33.6 Å². The number of nitrogens with zero attached hydrogens (tertiary/aromatic N) is 1. The third kappa shape index (κ3) is 2.97. The van der Waals surface area contributed by atoms with E-state index in [0.29, 0.717) is 11.7 Å². The maximum absolute atomic E-state index is 12.4. The van der Waals surface area contributed by atoms with E-state index in [4.69, 9.17) is 9.15 Å². The van der Waals surface area contributed by atoms with Gasteiger partial charge in [-0.2, -0.15) is 0 Å². The Kier molecular flexibility index (Phi) is 4.23. The number of hydrogen-bond donors (Lipinski definition) is 0. The van der Waals surface area contributed by atoms with Crippen molar-refractivity contribution >= 4 is 16.7 Å². The largest absolute Gasteiger partial charge is 0.461 e. The normalized spacial score (nSPS) is 10.8. The lowest BCUT2D eigenvalue weighted by Gasteiger charge is -2.01. The van der Waals surface area contributed by atoms with E-state index >= 15 is 0 Å². The third-order valence-corrected chi connectivity index (χ3v) is 4.13. The van der Waals surface area contributed by atoms with Crippen LogP contribution in [0.1, 0.15) is 17.4 Å². The first kappa shape index (κ1) is 16.1. The maximum atomic E-state index is 12.4. The van der Waals surface area contributed by atoms with Crippen molar-refractivity contribution in [2.24, 2.45) is 0 Å². The van der Waals surface area contributed by atoms with Gasteiger partial charge in [-0.25, -0.2) is 9.78 Å². The first-order valence-corrected chi connectivity index (χ1v) is 8.49. The van der Waals surface area contributed by atoms with E-state index in [1.807, 2.05) is 72.8 Å². The molecule has 0 aliphatic rings. The predicted octanol–water partition coefficient (Wildman–Crippen LogP) is 5.34. The molecule has 0 N–H and O–H groups in total. The fourth-order valence-corrected chi connectivity index (χ4v) is 2.89. The topological polar surface area (TPSA) is 52.3 Å². The smallest absolute Gasteiger partial charge is 0.361 e. The Labute approximate surface area is 151 Å². The van der Waals surface area contributed by atoms with Gasteiger partial charge in [-0.1, -0.05) is 60.7 Å². The summed E-state index contributed by atoms with van der Waals surface area (Å²) < 4.78 is 11.1. The number of carbonyl (C=O) groups is 1. The zero-order valence-electron chi connectivity index (χ0n) is 14.3. The van der Waals surface area contributed by atoms with Crippen molar-refractivity contribution in [2.45, 2.75) is 6.92 Å². The summed E-state index contributed by atoms with van der Waals surface area (Å²) >= 11 is 0. The Morgan fingerprint density at radius 2 is 1.65 bits per heavy atom. The van der Waals surface area contributed by atoms with E-state index in [9.17, 15) is 4.79 Å². The van der Waals surface area contributed by atoms with Crippen LogP contribution in [0.15, 0.2) is 77.2 Å². The van der Waals surface area contributed by atoms with Crippen molar-refractivity contribution < 1.29 is 13.9 Å². The average molecular weight is 343 g/mol. The summed E-state index contributed by atoms with van der Waals surface area (Å²) in [7, 11) is 0. The van der Waals surface area contributed by atoms with Gasteiger partial charge in [-0.15, -0.1) is 0 Å². The fourth-order valence-electron chi connectivity index (χ4n) is 2.89. The van der Waals surface area contributed by atoms with Crippen LogP contribution in [-0.4, -0.2) is 17.6 Å². The summed E-state index contributed by atoms with van der Waals surface area (Å²) in [5.41, 5.74) is 1.80. The van der Waals surface area contributed by atoms with E-state index in [0.717, 1.165) is 21.9 Å². The molecule has 0 unspecified atom stereocenters. The molecule has 4 rings (SSSR count). The number of esters is 1. The molecule has 0 fully saturated rings. The molecule has 128 valence electrons. The van der Waals surface area contributed by atoms with Crippen LogP contribution in [0.3, 0.4) is 0 Å². The molecule has 0 aliphatic heterocycles. The average Bonchev–Trinajstić information content (AvgIpc) is 3.14. The number of hydrogen-bond acceptors (Lipinski definition) is 4. The van der Waals surface area contributed by atoms with Crippen LogP contribution < -0.4 is 0 Å². The van der Waals surface area contributed by atoms with Gasteiger partial charge in [0.05, 0.1) is 6.61 Å². The summed E-state index contributed by atoms with van der Waals surface area (Å²) in [4.78, 5) is 16.8. The molecular formula is C22H17NO3. The monoisotopic (exact) mass is 343 g/mol. The highest BCUT2D eigenvalue weighted by Crippen LogP contribution is 2.31. The number of benzene rings is 3. The van der Waals surface area contributed by atoms with Crippen LogP contribution in [0.4, 0.5) is 0 Å². The SMILES string of the molecule is CCOC(=O)c1nc(-c2ccc3ccccc3c2)oc1-c1ccccc1. The Bertz CT molecular complexity index is 1070. The zero-order valence-corrected chi connectivity index (χ0v) is 14.3. The van der Waals surface area contributed by atoms with Gasteiger partial charge in [-0.3, -0.25) is 0 Å². The molecule has 0 spiro atoms. The van der Waals surface area contributed by atoms with Gasteiger partial charge in [0.15, 0.2) is 11.5 Å². The minimum Gasteiger partial charge on any atom is -0.461 e. The van der Waals surface area contributed by atoms with Crippen molar-refractivity contribution in [1.29, 1.82) is 0 Å². The maximum Gasteiger partial charge on any atom is 0.361 e. The molecule has 1 heterocycles. The zero-order chi connectivity index (χ0) is 17.9. The van der Waals surface area contributed by atoms with E-state index in [-0.39, 0.29) is 12.3 Å². The van der Waals surface area contributed by atoms with Crippen LogP contribution in [0.5, 0.6) is 0 Å². The molecule has 4 heteroatoms. The molecule has 0 bridgehead atoms. The molecule has 0 saturated heterocycles. The molecule has 4 aromatic rings. The summed E-state index contributed by atoms with van der Waals surface area (Å²) in [5, 5.41) is 2.22. The first-order valence-electron chi connectivity index (χ1n) is 8.49. The van der Waals surface area contributed by atoms with Crippen molar-refractivity contribution in [3.63, 3.8) is 0 Å². The lowest BCUT2D eigenvalue weighted by atomic mass is 10.1. The van der Waals surface area contributed by atoms with Gasteiger partial charge >= 0.3 is 5.97 Å².